The van der Waals surface area contributed by atoms with Crippen molar-refractivity contribution in [3.8, 4) is 0 Å². The minimum absolute atomic E-state index is 0.0154. The Morgan fingerprint density at radius 2 is 1.63 bits per heavy atom. The van der Waals surface area contributed by atoms with E-state index >= 15 is 0 Å². The summed E-state index contributed by atoms with van der Waals surface area (Å²) in [4.78, 5) is 14.9. The molecule has 1 saturated carbocycles. The van der Waals surface area contributed by atoms with Gasteiger partial charge in [0.05, 0.1) is 18.8 Å². The molecule has 3 aromatic carbocycles. The number of benzene rings is 3. The molecule has 3 atom stereocenters. The number of carbonyl (C=O) groups excluding carboxylic acids is 1. The molecule has 216 valence electrons. The molecule has 0 aromatic heterocycles. The number of nitrogens with zero attached hydrogens (tertiary/aromatic N) is 1. The molecule has 0 bridgehead atoms. The van der Waals surface area contributed by atoms with E-state index in [0.717, 1.165) is 41.8 Å². The van der Waals surface area contributed by atoms with E-state index in [-0.39, 0.29) is 24.8 Å². The minimum atomic E-state index is -0.536. The van der Waals surface area contributed by atoms with E-state index in [1.807, 2.05) is 84.9 Å². The Morgan fingerprint density at radius 1 is 0.927 bits per heavy atom. The lowest BCUT2D eigenvalue weighted by molar-refractivity contribution is -0.253. The quantitative estimate of drug-likeness (QED) is 0.236. The third-order valence-electron chi connectivity index (χ3n) is 7.99. The van der Waals surface area contributed by atoms with Crippen molar-refractivity contribution in [2.45, 2.75) is 69.8 Å². The van der Waals surface area contributed by atoms with E-state index in [1.165, 1.54) is 25.7 Å². The topological polar surface area (TPSA) is 83.1 Å². The standard InChI is InChI=1S/C34H41N3O4/c1-2-20-37(30-10-6-7-11-30)23-31-21-32(27-14-12-26(24-38)13-15-27)41-33(40-31)28-16-18-29(19-17-28)36-34(39)35-22-25-8-4-3-5-9-25/h2-5,8-9,12-19,30-33,38H,1,6-7,10-11,20-24H2,(H2,35,36,39)/t31-,32+,33+/m0/s1. The zero-order valence-corrected chi connectivity index (χ0v) is 23.6. The number of ether oxygens (including phenoxy) is 2. The van der Waals surface area contributed by atoms with Gasteiger partial charge in [0.2, 0.25) is 0 Å². The van der Waals surface area contributed by atoms with Gasteiger partial charge in [0.1, 0.15) is 0 Å². The van der Waals surface area contributed by atoms with Crippen LogP contribution >= 0.6 is 0 Å². The largest absolute Gasteiger partial charge is 0.392 e. The lowest BCUT2D eigenvalue weighted by atomic mass is 9.99. The molecule has 5 rings (SSSR count). The van der Waals surface area contributed by atoms with E-state index in [0.29, 0.717) is 18.3 Å². The van der Waals surface area contributed by atoms with Crippen molar-refractivity contribution in [1.29, 1.82) is 0 Å². The molecule has 3 N–H and O–H groups in total. The zero-order chi connectivity index (χ0) is 28.4. The summed E-state index contributed by atoms with van der Waals surface area (Å²) in [7, 11) is 0. The Morgan fingerprint density at radius 3 is 2.32 bits per heavy atom. The van der Waals surface area contributed by atoms with Crippen LogP contribution in [0.3, 0.4) is 0 Å². The molecule has 41 heavy (non-hydrogen) atoms. The normalized spacial score (nSPS) is 21.1. The van der Waals surface area contributed by atoms with Crippen LogP contribution in [0.2, 0.25) is 0 Å². The van der Waals surface area contributed by atoms with E-state index in [1.54, 1.807) is 0 Å². The predicted octanol–water partition coefficient (Wildman–Crippen LogP) is 6.48. The number of hydrogen-bond donors (Lipinski definition) is 3. The number of anilines is 1. The molecule has 0 radical (unpaired) electrons. The molecule has 2 amide bonds. The Bertz CT molecular complexity index is 1240. The SMILES string of the molecule is C=CCN(C[C@@H]1C[C@H](c2ccc(CO)cc2)O[C@H](c2ccc(NC(=O)NCc3ccccc3)cc2)O1)C1CCCC1. The number of hydrogen-bond acceptors (Lipinski definition) is 5. The molecule has 2 aliphatic rings. The Kier molecular flexibility index (Phi) is 10.2. The van der Waals surface area contributed by atoms with Crippen LogP contribution in [-0.4, -0.2) is 41.3 Å². The van der Waals surface area contributed by atoms with Gasteiger partial charge in [-0.1, -0.05) is 85.6 Å². The summed E-state index contributed by atoms with van der Waals surface area (Å²) in [5.41, 5.74) is 4.59. The predicted molar refractivity (Wildman–Crippen MR) is 161 cm³/mol. The van der Waals surface area contributed by atoms with Crippen LogP contribution in [0.1, 0.15) is 66.8 Å². The number of amides is 2. The third-order valence-corrected chi connectivity index (χ3v) is 7.99. The van der Waals surface area contributed by atoms with E-state index < -0.39 is 6.29 Å². The summed E-state index contributed by atoms with van der Waals surface area (Å²) in [6.45, 7) is 6.14. The molecule has 7 heteroatoms. The van der Waals surface area contributed by atoms with Crippen LogP contribution in [0, 0.1) is 0 Å². The van der Waals surface area contributed by atoms with Crippen LogP contribution in [0.4, 0.5) is 10.5 Å². The minimum Gasteiger partial charge on any atom is -0.392 e. The van der Waals surface area contributed by atoms with Crippen molar-refractivity contribution in [2.24, 2.45) is 0 Å². The van der Waals surface area contributed by atoms with Gasteiger partial charge >= 0.3 is 6.03 Å². The van der Waals surface area contributed by atoms with Crippen molar-refractivity contribution >= 4 is 11.7 Å². The Hall–Kier alpha value is -3.49. The van der Waals surface area contributed by atoms with Gasteiger partial charge in [0.15, 0.2) is 6.29 Å². The fourth-order valence-corrected chi connectivity index (χ4v) is 5.78. The summed E-state index contributed by atoms with van der Waals surface area (Å²) < 4.78 is 13.1. The first-order valence-electron chi connectivity index (χ1n) is 14.7. The van der Waals surface area contributed by atoms with Gasteiger partial charge in [-0.3, -0.25) is 4.90 Å². The summed E-state index contributed by atoms with van der Waals surface area (Å²) >= 11 is 0. The van der Waals surface area contributed by atoms with Crippen molar-refractivity contribution in [2.75, 3.05) is 18.4 Å². The second kappa shape index (κ2) is 14.4. The highest BCUT2D eigenvalue weighted by Crippen LogP contribution is 2.39. The van der Waals surface area contributed by atoms with Crippen LogP contribution in [0.25, 0.3) is 0 Å². The van der Waals surface area contributed by atoms with Gasteiger partial charge < -0.3 is 25.2 Å². The van der Waals surface area contributed by atoms with E-state index in [9.17, 15) is 9.90 Å². The van der Waals surface area contributed by atoms with Crippen LogP contribution in [-0.2, 0) is 22.6 Å². The molecular weight excluding hydrogens is 514 g/mol. The number of nitrogens with one attached hydrogen (secondary N) is 2. The van der Waals surface area contributed by atoms with Crippen molar-refractivity contribution in [3.05, 3.63) is 114 Å². The number of aliphatic hydroxyl groups is 1. The highest BCUT2D eigenvalue weighted by atomic mass is 16.7. The van der Waals surface area contributed by atoms with Gasteiger partial charge in [-0.25, -0.2) is 4.79 Å². The fraction of sp³-hybridized carbons (Fsp3) is 0.382. The molecule has 1 heterocycles. The maximum absolute atomic E-state index is 12.4. The van der Waals surface area contributed by atoms with Crippen molar-refractivity contribution < 1.29 is 19.4 Å². The van der Waals surface area contributed by atoms with E-state index in [2.05, 4.69) is 22.1 Å². The molecular formula is C34H41N3O4. The lowest BCUT2D eigenvalue weighted by Gasteiger charge is -2.39. The summed E-state index contributed by atoms with van der Waals surface area (Å²) in [5, 5.41) is 15.3. The van der Waals surface area contributed by atoms with Gasteiger partial charge in [-0.2, -0.15) is 0 Å². The summed E-state index contributed by atoms with van der Waals surface area (Å²) in [6, 6.07) is 25.7. The first-order valence-corrected chi connectivity index (χ1v) is 14.7. The van der Waals surface area contributed by atoms with E-state index in [4.69, 9.17) is 9.47 Å². The molecule has 0 unspecified atom stereocenters. The van der Waals surface area contributed by atoms with Gasteiger partial charge in [-0.15, -0.1) is 6.58 Å². The zero-order valence-electron chi connectivity index (χ0n) is 23.6. The number of urea groups is 1. The first kappa shape index (κ1) is 29.0. The molecule has 1 aliphatic heterocycles. The van der Waals surface area contributed by atoms with Crippen LogP contribution in [0.5, 0.6) is 0 Å². The summed E-state index contributed by atoms with van der Waals surface area (Å²) in [5.74, 6) is 0. The lowest BCUT2D eigenvalue weighted by Crippen LogP contribution is -2.43. The van der Waals surface area contributed by atoms with Crippen molar-refractivity contribution in [1.82, 2.24) is 10.2 Å². The Labute approximate surface area is 243 Å². The maximum atomic E-state index is 12.4. The average Bonchev–Trinajstić information content (AvgIpc) is 3.56. The second-order valence-electron chi connectivity index (χ2n) is 10.9. The highest BCUT2D eigenvalue weighted by molar-refractivity contribution is 5.89. The second-order valence-corrected chi connectivity index (χ2v) is 10.9. The molecule has 2 fully saturated rings. The van der Waals surface area contributed by atoms with Gasteiger partial charge in [0.25, 0.3) is 0 Å². The molecule has 7 nitrogen and oxygen atoms in total. The molecule has 0 spiro atoms. The number of rotatable bonds is 11. The van der Waals surface area contributed by atoms with Crippen LogP contribution in [0.15, 0.2) is 91.5 Å². The van der Waals surface area contributed by atoms with Crippen LogP contribution < -0.4 is 10.6 Å². The van der Waals surface area contributed by atoms with Crippen molar-refractivity contribution in [3.63, 3.8) is 0 Å². The average molecular weight is 556 g/mol. The van der Waals surface area contributed by atoms with Gasteiger partial charge in [-0.05, 0) is 41.7 Å². The monoisotopic (exact) mass is 555 g/mol. The third kappa shape index (κ3) is 8.05. The fourth-order valence-electron chi connectivity index (χ4n) is 5.78. The van der Waals surface area contributed by atoms with Gasteiger partial charge in [0, 0.05) is 43.3 Å². The maximum Gasteiger partial charge on any atom is 0.319 e. The highest BCUT2D eigenvalue weighted by Gasteiger charge is 2.34. The number of aliphatic hydroxyl groups excluding tert-OH is 1. The number of carbonyl (C=O) groups is 1. The molecule has 3 aromatic rings. The molecule has 1 saturated heterocycles. The smallest absolute Gasteiger partial charge is 0.319 e. The molecule has 1 aliphatic carbocycles. The summed E-state index contributed by atoms with van der Waals surface area (Å²) in [6.07, 6.45) is 7.05. The first-order chi connectivity index (χ1) is 20.1. The Balaban J connectivity index is 1.27.